The fraction of sp³-hybridized carbons (Fsp3) is 0.429. The van der Waals surface area contributed by atoms with Crippen LogP contribution in [0.4, 0.5) is 13.2 Å². The van der Waals surface area contributed by atoms with Crippen molar-refractivity contribution in [2.75, 3.05) is 13.2 Å². The second-order valence-electron chi connectivity index (χ2n) is 10.5. The zero-order valence-electron chi connectivity index (χ0n) is 22.9. The Morgan fingerprint density at radius 3 is 2.52 bits per heavy atom. The molecule has 42 heavy (non-hydrogen) atoms. The first-order valence-electron chi connectivity index (χ1n) is 13.1. The third-order valence-corrected chi connectivity index (χ3v) is 8.71. The van der Waals surface area contributed by atoms with Gasteiger partial charge in [-0.1, -0.05) is 18.2 Å². The Morgan fingerprint density at radius 2 is 1.90 bits per heavy atom. The van der Waals surface area contributed by atoms with Crippen molar-refractivity contribution in [3.8, 4) is 10.8 Å². The lowest BCUT2D eigenvalue weighted by Gasteiger charge is -2.30. The Kier molecular flexibility index (Phi) is 7.89. The number of carbonyl (C=O) groups is 1. The van der Waals surface area contributed by atoms with Crippen LogP contribution in [0.25, 0.3) is 21.0 Å². The maximum absolute atomic E-state index is 14.2. The lowest BCUT2D eigenvalue weighted by Crippen LogP contribution is -2.52. The summed E-state index contributed by atoms with van der Waals surface area (Å²) >= 11 is 1.01. The van der Waals surface area contributed by atoms with E-state index in [-0.39, 0.29) is 21.7 Å². The predicted octanol–water partition coefficient (Wildman–Crippen LogP) is 4.96. The zero-order chi connectivity index (χ0) is 30.4. The van der Waals surface area contributed by atoms with Crippen molar-refractivity contribution in [3.63, 3.8) is 0 Å². The number of benzene rings is 1. The molecule has 4 aromatic rings. The molecule has 1 aliphatic rings. The van der Waals surface area contributed by atoms with Crippen LogP contribution in [0, 0.1) is 6.92 Å². The summed E-state index contributed by atoms with van der Waals surface area (Å²) in [6, 6.07) is 4.96. The van der Waals surface area contributed by atoms with E-state index in [4.69, 9.17) is 13.9 Å². The monoisotopic (exact) mass is 607 g/mol. The molecule has 1 fully saturated rings. The first-order chi connectivity index (χ1) is 19.8. The number of carboxylic acids is 1. The average molecular weight is 608 g/mol. The molecule has 0 aliphatic carbocycles. The molecule has 1 N–H and O–H groups in total. The molecule has 1 aliphatic heterocycles. The molecule has 224 valence electrons. The van der Waals surface area contributed by atoms with E-state index in [9.17, 15) is 32.7 Å². The van der Waals surface area contributed by atoms with Gasteiger partial charge in [0.1, 0.15) is 22.7 Å². The van der Waals surface area contributed by atoms with Gasteiger partial charge in [0.25, 0.3) is 5.56 Å². The van der Waals surface area contributed by atoms with Crippen LogP contribution in [-0.4, -0.2) is 44.5 Å². The number of alkyl halides is 3. The van der Waals surface area contributed by atoms with Crippen molar-refractivity contribution in [2.24, 2.45) is 0 Å². The molecule has 4 heterocycles. The SMILES string of the molecule is Cc1c(-c2ncco2)sc2c1c(=O)n(C(C)(C)C(=O)O)c(=O)n2C[C@@H](OC1CCOCC1)c1ccccc1C(F)(F)F. The number of rotatable bonds is 8. The second kappa shape index (κ2) is 11.2. The molecule has 1 atom stereocenters. The Morgan fingerprint density at radius 1 is 1.21 bits per heavy atom. The van der Waals surface area contributed by atoms with Gasteiger partial charge in [-0.25, -0.2) is 19.1 Å². The van der Waals surface area contributed by atoms with Gasteiger partial charge in [0, 0.05) is 13.2 Å². The van der Waals surface area contributed by atoms with Crippen molar-refractivity contribution < 1.29 is 37.0 Å². The van der Waals surface area contributed by atoms with E-state index in [1.165, 1.54) is 44.5 Å². The van der Waals surface area contributed by atoms with Crippen LogP contribution < -0.4 is 11.2 Å². The largest absolute Gasteiger partial charge is 0.480 e. The van der Waals surface area contributed by atoms with E-state index in [2.05, 4.69) is 4.98 Å². The van der Waals surface area contributed by atoms with E-state index in [0.717, 1.165) is 22.0 Å². The van der Waals surface area contributed by atoms with E-state index in [0.29, 0.717) is 41.1 Å². The third kappa shape index (κ3) is 5.29. The Balaban J connectivity index is 1.78. The molecule has 0 saturated carbocycles. The summed E-state index contributed by atoms with van der Waals surface area (Å²) in [4.78, 5) is 44.7. The highest BCUT2D eigenvalue weighted by molar-refractivity contribution is 7.22. The fourth-order valence-electron chi connectivity index (χ4n) is 5.10. The molecule has 14 heteroatoms. The van der Waals surface area contributed by atoms with Crippen molar-refractivity contribution in [3.05, 3.63) is 74.3 Å². The van der Waals surface area contributed by atoms with E-state index in [1.807, 2.05) is 0 Å². The summed E-state index contributed by atoms with van der Waals surface area (Å²) in [6.45, 7) is 4.33. The first kappa shape index (κ1) is 29.7. The van der Waals surface area contributed by atoms with Crippen LogP contribution in [0.2, 0.25) is 0 Å². The maximum Gasteiger partial charge on any atom is 0.416 e. The number of oxazole rings is 1. The molecule has 0 radical (unpaired) electrons. The van der Waals surface area contributed by atoms with Gasteiger partial charge in [0.05, 0.1) is 34.7 Å². The standard InChI is InChI=1S/C28H28F3N3O7S/c1-15-20-23(35)34(27(2,3)25(36)37)26(38)33(24(20)42-21(15)22-32-10-13-40-22)14-19(41-16-8-11-39-12-9-16)17-6-4-5-7-18(17)28(29,30)31/h4-7,10,13,16,19H,8-9,11-12,14H2,1-3H3,(H,36,37)/t19-/m1/s1. The average Bonchev–Trinajstić information content (AvgIpc) is 3.58. The Bertz CT molecular complexity index is 1730. The van der Waals surface area contributed by atoms with Crippen LogP contribution in [0.15, 0.2) is 50.7 Å². The Hall–Kier alpha value is -3.75. The second-order valence-corrected chi connectivity index (χ2v) is 11.5. The highest BCUT2D eigenvalue weighted by Gasteiger charge is 2.39. The van der Waals surface area contributed by atoms with E-state index in [1.54, 1.807) is 6.92 Å². The molecule has 0 amide bonds. The molecule has 1 saturated heterocycles. The van der Waals surface area contributed by atoms with Gasteiger partial charge in [-0.05, 0) is 50.8 Å². The number of nitrogens with zero attached hydrogens (tertiary/aromatic N) is 3. The van der Waals surface area contributed by atoms with Crippen LogP contribution in [-0.2, 0) is 32.5 Å². The molecule has 1 aromatic carbocycles. The number of halogens is 3. The summed E-state index contributed by atoms with van der Waals surface area (Å²) in [5.74, 6) is -1.26. The van der Waals surface area contributed by atoms with Gasteiger partial charge in [-0.3, -0.25) is 9.36 Å². The number of aromatic nitrogens is 3. The molecule has 0 unspecified atom stereocenters. The van der Waals surface area contributed by atoms with Crippen LogP contribution in [0.5, 0.6) is 0 Å². The smallest absolute Gasteiger partial charge is 0.416 e. The normalized spacial score (nSPS) is 15.8. The lowest BCUT2D eigenvalue weighted by atomic mass is 10.0. The number of ether oxygens (including phenoxy) is 2. The molecule has 10 nitrogen and oxygen atoms in total. The van der Waals surface area contributed by atoms with Gasteiger partial charge in [0.2, 0.25) is 5.89 Å². The number of hydrogen-bond donors (Lipinski definition) is 1. The van der Waals surface area contributed by atoms with E-state index < -0.39 is 53.2 Å². The summed E-state index contributed by atoms with van der Waals surface area (Å²) < 4.78 is 61.3. The summed E-state index contributed by atoms with van der Waals surface area (Å²) in [5.41, 5.74) is -4.54. The molecule has 0 spiro atoms. The van der Waals surface area contributed by atoms with Gasteiger partial charge in [-0.15, -0.1) is 11.3 Å². The van der Waals surface area contributed by atoms with Crippen LogP contribution >= 0.6 is 11.3 Å². The van der Waals surface area contributed by atoms with Gasteiger partial charge >= 0.3 is 17.8 Å². The number of fused-ring (bicyclic) bond motifs is 1. The highest BCUT2D eigenvalue weighted by atomic mass is 32.1. The van der Waals surface area contributed by atoms with Crippen molar-refractivity contribution in [1.82, 2.24) is 14.1 Å². The number of aliphatic carboxylic acids is 1. The first-order valence-corrected chi connectivity index (χ1v) is 14.0. The van der Waals surface area contributed by atoms with Crippen molar-refractivity contribution in [2.45, 2.75) is 64.1 Å². The summed E-state index contributed by atoms with van der Waals surface area (Å²) in [7, 11) is 0. The molecule has 5 rings (SSSR count). The lowest BCUT2D eigenvalue weighted by molar-refractivity contribution is -0.146. The quantitative estimate of drug-likeness (QED) is 0.298. The van der Waals surface area contributed by atoms with Crippen LogP contribution in [0.3, 0.4) is 0 Å². The van der Waals surface area contributed by atoms with Gasteiger partial charge in [-0.2, -0.15) is 13.2 Å². The molecule has 3 aromatic heterocycles. The Labute approximate surface area is 240 Å². The number of aryl methyl sites for hydroxylation is 1. The maximum atomic E-state index is 14.2. The minimum absolute atomic E-state index is 0.0380. The van der Waals surface area contributed by atoms with Crippen molar-refractivity contribution >= 4 is 27.5 Å². The number of thiophene rings is 1. The zero-order valence-corrected chi connectivity index (χ0v) is 23.8. The molecular weight excluding hydrogens is 579 g/mol. The van der Waals surface area contributed by atoms with Crippen molar-refractivity contribution in [1.29, 1.82) is 0 Å². The topological polar surface area (TPSA) is 126 Å². The number of hydrogen-bond acceptors (Lipinski definition) is 8. The van der Waals surface area contributed by atoms with E-state index >= 15 is 0 Å². The predicted molar refractivity (Wildman–Crippen MR) is 147 cm³/mol. The minimum Gasteiger partial charge on any atom is -0.480 e. The fourth-order valence-corrected chi connectivity index (χ4v) is 6.34. The molecular formula is C28H28F3N3O7S. The highest BCUT2D eigenvalue weighted by Crippen LogP contribution is 2.39. The summed E-state index contributed by atoms with van der Waals surface area (Å²) in [6.07, 6.45) is -2.83. The van der Waals surface area contributed by atoms with Gasteiger partial charge < -0.3 is 19.0 Å². The van der Waals surface area contributed by atoms with Gasteiger partial charge in [0.15, 0.2) is 0 Å². The molecule has 0 bridgehead atoms. The number of carboxylic acid groups (broad SMARTS) is 1. The van der Waals surface area contributed by atoms with Crippen LogP contribution in [0.1, 0.15) is 49.5 Å². The third-order valence-electron chi connectivity index (χ3n) is 7.41. The minimum atomic E-state index is -4.71. The summed E-state index contributed by atoms with van der Waals surface area (Å²) in [5, 5.41) is 9.98.